The fourth-order valence-electron chi connectivity index (χ4n) is 2.43. The Kier molecular flexibility index (Phi) is 17.4. The third-order valence-electron chi connectivity index (χ3n) is 3.90. The third kappa shape index (κ3) is 10.4. The summed E-state index contributed by atoms with van der Waals surface area (Å²) in [7, 11) is 0. The molecular formula is C25H29Cl2Zr-3. The average molecular weight is 492 g/mol. The predicted molar refractivity (Wildman–Crippen MR) is 127 cm³/mol. The zero-order valence-corrected chi connectivity index (χ0v) is 20.9. The second-order valence-corrected chi connectivity index (χ2v) is 6.83. The topological polar surface area (TPSA) is 0 Å². The molecule has 0 fully saturated rings. The van der Waals surface area contributed by atoms with Crippen molar-refractivity contribution in [3.63, 3.8) is 0 Å². The molecule has 0 aromatic heterocycles. The summed E-state index contributed by atoms with van der Waals surface area (Å²) >= 11 is 1.46. The first-order valence-electron chi connectivity index (χ1n) is 8.63. The van der Waals surface area contributed by atoms with E-state index in [9.17, 15) is 0 Å². The van der Waals surface area contributed by atoms with Crippen LogP contribution in [0, 0.1) is 19.4 Å². The molecule has 0 N–H and O–H groups in total. The van der Waals surface area contributed by atoms with Gasteiger partial charge in [0.05, 0.1) is 0 Å². The molecule has 150 valence electrons. The summed E-state index contributed by atoms with van der Waals surface area (Å²) in [6.45, 7) is 4.41. The number of hydrogen-bond acceptors (Lipinski definition) is 0. The maximum atomic E-state index is 3.14. The molecule has 0 saturated heterocycles. The second-order valence-electron chi connectivity index (χ2n) is 6.12. The van der Waals surface area contributed by atoms with Crippen molar-refractivity contribution in [3.8, 4) is 0 Å². The second kappa shape index (κ2) is 16.8. The minimum Gasteiger partial charge on any atom is -0.168 e. The Hall–Kier alpha value is -1.14. The van der Waals surface area contributed by atoms with Gasteiger partial charge in [-0.2, -0.15) is 29.2 Å². The summed E-state index contributed by atoms with van der Waals surface area (Å²) in [6, 6.07) is 25.0. The Morgan fingerprint density at radius 2 is 1.61 bits per heavy atom. The van der Waals surface area contributed by atoms with Gasteiger partial charge in [0.15, 0.2) is 0 Å². The van der Waals surface area contributed by atoms with Crippen molar-refractivity contribution in [2.45, 2.75) is 20.3 Å². The van der Waals surface area contributed by atoms with E-state index in [2.05, 4.69) is 103 Å². The van der Waals surface area contributed by atoms with Gasteiger partial charge in [-0.3, -0.25) is 6.08 Å². The van der Waals surface area contributed by atoms with Crippen molar-refractivity contribution in [1.82, 2.24) is 0 Å². The largest absolute Gasteiger partial charge is 0.168 e. The molecule has 0 atom stereocenters. The molecule has 0 spiro atoms. The number of hydrogen-bond donors (Lipinski definition) is 0. The van der Waals surface area contributed by atoms with Crippen LogP contribution in [0.1, 0.15) is 25.8 Å². The first kappa shape index (κ1) is 29.1. The van der Waals surface area contributed by atoms with Gasteiger partial charge < -0.3 is 7.43 Å². The molecule has 0 unspecified atom stereocenters. The molecule has 0 saturated carbocycles. The molecule has 0 amide bonds. The minimum atomic E-state index is 0. The molecule has 0 bridgehead atoms. The van der Waals surface area contributed by atoms with Crippen LogP contribution in [0.5, 0.6) is 0 Å². The predicted octanol–water partition coefficient (Wildman–Crippen LogP) is 7.57. The number of benzene rings is 2. The van der Waals surface area contributed by atoms with Crippen molar-refractivity contribution in [2.75, 3.05) is 0 Å². The van der Waals surface area contributed by atoms with E-state index in [4.69, 9.17) is 0 Å². The van der Waals surface area contributed by atoms with Gasteiger partial charge in [0, 0.05) is 0 Å². The van der Waals surface area contributed by atoms with E-state index in [1.807, 2.05) is 6.07 Å². The van der Waals surface area contributed by atoms with Crippen molar-refractivity contribution in [3.05, 3.63) is 110 Å². The van der Waals surface area contributed by atoms with E-state index in [0.717, 1.165) is 6.42 Å². The summed E-state index contributed by atoms with van der Waals surface area (Å²) in [5.74, 6) is 0.685. The Bertz CT molecular complexity index is 800. The van der Waals surface area contributed by atoms with Crippen molar-refractivity contribution in [2.24, 2.45) is 5.92 Å². The van der Waals surface area contributed by atoms with Gasteiger partial charge in [-0.05, 0) is 0 Å². The summed E-state index contributed by atoms with van der Waals surface area (Å²) in [5.41, 5.74) is 2.76. The number of fused-ring (bicyclic) bond motifs is 1. The van der Waals surface area contributed by atoms with Crippen LogP contribution in [0.3, 0.4) is 0 Å². The van der Waals surface area contributed by atoms with E-state index in [1.165, 1.54) is 46.1 Å². The van der Waals surface area contributed by atoms with Crippen molar-refractivity contribution in [1.29, 1.82) is 0 Å². The summed E-state index contributed by atoms with van der Waals surface area (Å²) in [5, 5.41) is 2.66. The van der Waals surface area contributed by atoms with E-state index in [-0.39, 0.29) is 32.2 Å². The Morgan fingerprint density at radius 1 is 0.964 bits per heavy atom. The zero-order valence-electron chi connectivity index (χ0n) is 16.8. The molecule has 1 aliphatic rings. The van der Waals surface area contributed by atoms with Crippen LogP contribution < -0.4 is 0 Å². The Labute approximate surface area is 198 Å². The molecule has 3 aromatic rings. The van der Waals surface area contributed by atoms with E-state index in [0.29, 0.717) is 5.92 Å². The Morgan fingerprint density at radius 3 is 2.07 bits per heavy atom. The third-order valence-corrected chi connectivity index (χ3v) is 4.72. The summed E-state index contributed by atoms with van der Waals surface area (Å²) < 4.78 is 2.17. The minimum absolute atomic E-state index is 0. The van der Waals surface area contributed by atoms with Gasteiger partial charge >= 0.3 is 63.8 Å². The summed E-state index contributed by atoms with van der Waals surface area (Å²) in [4.78, 5) is 0. The molecule has 0 aliphatic heterocycles. The molecular weight excluding hydrogens is 462 g/mol. The van der Waals surface area contributed by atoms with Crippen LogP contribution in [0.2, 0.25) is 0 Å². The normalized spacial score (nSPS) is 10.7. The van der Waals surface area contributed by atoms with Gasteiger partial charge in [0.2, 0.25) is 0 Å². The molecule has 3 heteroatoms. The maximum Gasteiger partial charge on any atom is -0.0809 e. The molecule has 3 aromatic carbocycles. The Balaban J connectivity index is 0. The fraction of sp³-hybridized carbons (Fsp3) is 0.160. The van der Waals surface area contributed by atoms with Crippen molar-refractivity contribution < 1.29 is 24.2 Å². The number of allylic oxidation sites excluding steroid dienone is 4. The van der Waals surface area contributed by atoms with E-state index >= 15 is 0 Å². The zero-order chi connectivity index (χ0) is 17.9. The number of rotatable bonds is 2. The van der Waals surface area contributed by atoms with Gasteiger partial charge in [-0.1, -0.05) is 25.8 Å². The average Bonchev–Trinajstić information content (AvgIpc) is 3.35. The van der Waals surface area contributed by atoms with Gasteiger partial charge in [0.1, 0.15) is 0 Å². The van der Waals surface area contributed by atoms with Gasteiger partial charge in [0.25, 0.3) is 0 Å². The molecule has 0 nitrogen and oxygen atoms in total. The molecule has 1 aliphatic carbocycles. The van der Waals surface area contributed by atoms with Crippen LogP contribution >= 0.6 is 24.8 Å². The maximum absolute atomic E-state index is 3.14. The fourth-order valence-corrected chi connectivity index (χ4v) is 2.91. The smallest absolute Gasteiger partial charge is 0.0809 e. The standard InChI is InChI=1S/C9H7.C8H11.C7H6.CH3.2ClH.Zr/c1-2-5-9-7-3-6-8(9)4-1;1-7(2)8-5-3-4-6-8;1-7-5-3-2-4-6-7;;;;/h1-7H;5-7H,3H2,1-2H3;1-6H;1H3;2*1H;/q2*-1;;-1;;;. The van der Waals surface area contributed by atoms with E-state index in [1.54, 1.807) is 0 Å². The van der Waals surface area contributed by atoms with Crippen LogP contribution in [-0.2, 0) is 24.2 Å². The van der Waals surface area contributed by atoms with Gasteiger partial charge in [-0.25, -0.2) is 6.08 Å². The van der Waals surface area contributed by atoms with E-state index < -0.39 is 0 Å². The molecule has 0 radical (unpaired) electrons. The molecule has 4 rings (SSSR count). The first-order chi connectivity index (χ1) is 12.2. The van der Waals surface area contributed by atoms with Crippen LogP contribution in [0.25, 0.3) is 10.8 Å². The molecule has 28 heavy (non-hydrogen) atoms. The number of halogens is 2. The van der Waals surface area contributed by atoms with Gasteiger partial charge in [-0.15, -0.1) is 60.9 Å². The summed E-state index contributed by atoms with van der Waals surface area (Å²) in [6.07, 6.45) is 8.47. The van der Waals surface area contributed by atoms with Crippen LogP contribution in [-0.4, -0.2) is 3.71 Å². The SMILES string of the molecule is CC(C)C1=CC[C-]=C1.Cl.Cl.[CH3-].[Zr]=[CH]c1ccccc1.c1ccc2[cH-]ccc2c1. The first-order valence-corrected chi connectivity index (χ1v) is 10.0. The monoisotopic (exact) mass is 489 g/mol. The quantitative estimate of drug-likeness (QED) is 0.324. The van der Waals surface area contributed by atoms with Crippen LogP contribution in [0.4, 0.5) is 0 Å². The molecule has 0 heterocycles. The van der Waals surface area contributed by atoms with Crippen LogP contribution in [0.15, 0.2) is 90.5 Å². The van der Waals surface area contributed by atoms with Crippen molar-refractivity contribution >= 4 is 39.3 Å².